The van der Waals surface area contributed by atoms with Crippen LogP contribution in [0, 0.1) is 5.82 Å². The van der Waals surface area contributed by atoms with Crippen molar-refractivity contribution in [2.45, 2.75) is 12.8 Å². The van der Waals surface area contributed by atoms with Gasteiger partial charge in [-0.25, -0.2) is 4.39 Å². The lowest BCUT2D eigenvalue weighted by Gasteiger charge is -2.01. The zero-order valence-corrected chi connectivity index (χ0v) is 8.98. The van der Waals surface area contributed by atoms with Gasteiger partial charge in [0.2, 0.25) is 0 Å². The number of hydrogen-bond acceptors (Lipinski definition) is 0. The maximum Gasteiger partial charge on any atom is 0.123 e. The Balaban J connectivity index is 2.46. The molecule has 0 amide bonds. The molecule has 0 aromatic heterocycles. The molecule has 2 heteroatoms. The fraction of sp³-hybridized carbons (Fsp3) is 0.273. The SMILES string of the molecule is C=C(CBr)CCc1ccc(F)cc1. The highest BCUT2D eigenvalue weighted by Gasteiger charge is 1.95. The maximum absolute atomic E-state index is 12.5. The van der Waals surface area contributed by atoms with Crippen LogP contribution in [0.4, 0.5) is 4.39 Å². The van der Waals surface area contributed by atoms with E-state index in [0.29, 0.717) is 0 Å². The molecule has 0 fully saturated rings. The van der Waals surface area contributed by atoms with Gasteiger partial charge in [-0.15, -0.1) is 0 Å². The molecule has 0 aliphatic carbocycles. The molecule has 1 aromatic rings. The average molecular weight is 243 g/mol. The quantitative estimate of drug-likeness (QED) is 0.558. The van der Waals surface area contributed by atoms with Crippen LogP contribution in [0.25, 0.3) is 0 Å². The summed E-state index contributed by atoms with van der Waals surface area (Å²) in [6, 6.07) is 6.62. The van der Waals surface area contributed by atoms with Crippen LogP contribution in [0.3, 0.4) is 0 Å². The summed E-state index contributed by atoms with van der Waals surface area (Å²) < 4.78 is 12.5. The minimum absolute atomic E-state index is 0.178. The Bertz CT molecular complexity index is 277. The highest BCUT2D eigenvalue weighted by atomic mass is 79.9. The zero-order chi connectivity index (χ0) is 9.68. The molecule has 0 atom stereocenters. The number of aryl methyl sites for hydroxylation is 1. The van der Waals surface area contributed by atoms with Gasteiger partial charge in [-0.2, -0.15) is 0 Å². The molecule has 13 heavy (non-hydrogen) atoms. The number of alkyl halides is 1. The number of benzene rings is 1. The van der Waals surface area contributed by atoms with Crippen LogP contribution < -0.4 is 0 Å². The Morgan fingerprint density at radius 3 is 2.46 bits per heavy atom. The predicted octanol–water partition coefficient (Wildman–Crippen LogP) is 3.71. The molecule has 1 aromatic carbocycles. The van der Waals surface area contributed by atoms with Crippen LogP contribution in [-0.4, -0.2) is 5.33 Å². The number of halogens is 2. The van der Waals surface area contributed by atoms with Crippen LogP contribution in [0.15, 0.2) is 36.4 Å². The standard InChI is InChI=1S/C11H12BrF/c1-9(8-12)2-3-10-4-6-11(13)7-5-10/h4-7H,1-3,8H2. The first-order chi connectivity index (χ1) is 6.22. The topological polar surface area (TPSA) is 0 Å². The van der Waals surface area contributed by atoms with Crippen molar-refractivity contribution in [3.8, 4) is 0 Å². The predicted molar refractivity (Wildman–Crippen MR) is 57.7 cm³/mol. The van der Waals surface area contributed by atoms with E-state index in [0.717, 1.165) is 23.7 Å². The van der Waals surface area contributed by atoms with Crippen molar-refractivity contribution in [2.24, 2.45) is 0 Å². The van der Waals surface area contributed by atoms with Crippen molar-refractivity contribution in [3.05, 3.63) is 47.8 Å². The van der Waals surface area contributed by atoms with E-state index in [2.05, 4.69) is 22.5 Å². The molecule has 0 heterocycles. The van der Waals surface area contributed by atoms with E-state index in [9.17, 15) is 4.39 Å². The molecule has 0 spiro atoms. The lowest BCUT2D eigenvalue weighted by atomic mass is 10.1. The summed E-state index contributed by atoms with van der Waals surface area (Å²) in [7, 11) is 0. The molecular weight excluding hydrogens is 231 g/mol. The van der Waals surface area contributed by atoms with Gasteiger partial charge in [-0.3, -0.25) is 0 Å². The highest BCUT2D eigenvalue weighted by molar-refractivity contribution is 9.09. The smallest absolute Gasteiger partial charge is 0.123 e. The second-order valence-electron chi connectivity index (χ2n) is 3.01. The van der Waals surface area contributed by atoms with E-state index < -0.39 is 0 Å². The van der Waals surface area contributed by atoms with E-state index in [1.54, 1.807) is 0 Å². The third kappa shape index (κ3) is 3.73. The van der Waals surface area contributed by atoms with E-state index in [4.69, 9.17) is 0 Å². The fourth-order valence-electron chi connectivity index (χ4n) is 1.04. The van der Waals surface area contributed by atoms with Crippen LogP contribution in [0.5, 0.6) is 0 Å². The molecule has 0 aliphatic rings. The van der Waals surface area contributed by atoms with Crippen molar-refractivity contribution in [3.63, 3.8) is 0 Å². The largest absolute Gasteiger partial charge is 0.207 e. The van der Waals surface area contributed by atoms with E-state index in [1.165, 1.54) is 17.7 Å². The molecule has 1 rings (SSSR count). The highest BCUT2D eigenvalue weighted by Crippen LogP contribution is 2.10. The molecule has 0 nitrogen and oxygen atoms in total. The summed E-state index contributed by atoms with van der Waals surface area (Å²) in [5.41, 5.74) is 2.33. The third-order valence-electron chi connectivity index (χ3n) is 1.87. The summed E-state index contributed by atoms with van der Waals surface area (Å²) >= 11 is 3.34. The molecule has 70 valence electrons. The summed E-state index contributed by atoms with van der Waals surface area (Å²) in [5, 5.41) is 0.841. The van der Waals surface area contributed by atoms with Gasteiger partial charge in [0, 0.05) is 5.33 Å². The number of hydrogen-bond donors (Lipinski definition) is 0. The Labute approximate surface area is 86.6 Å². The summed E-state index contributed by atoms with van der Waals surface area (Å²) in [4.78, 5) is 0. The van der Waals surface area contributed by atoms with Gasteiger partial charge >= 0.3 is 0 Å². The van der Waals surface area contributed by atoms with E-state index in [1.807, 2.05) is 12.1 Å². The monoisotopic (exact) mass is 242 g/mol. The first kappa shape index (κ1) is 10.5. The maximum atomic E-state index is 12.5. The molecule has 0 unspecified atom stereocenters. The summed E-state index contributed by atoms with van der Waals surface area (Å²) in [6.45, 7) is 3.88. The molecule has 0 bridgehead atoms. The first-order valence-corrected chi connectivity index (χ1v) is 5.31. The third-order valence-corrected chi connectivity index (χ3v) is 2.66. The molecule has 0 saturated heterocycles. The minimum atomic E-state index is -0.178. The van der Waals surface area contributed by atoms with Crippen molar-refractivity contribution in [1.29, 1.82) is 0 Å². The van der Waals surface area contributed by atoms with E-state index >= 15 is 0 Å². The van der Waals surface area contributed by atoms with Gasteiger partial charge in [-0.05, 0) is 30.5 Å². The zero-order valence-electron chi connectivity index (χ0n) is 7.39. The number of rotatable bonds is 4. The second-order valence-corrected chi connectivity index (χ2v) is 3.57. The van der Waals surface area contributed by atoms with Crippen molar-refractivity contribution >= 4 is 15.9 Å². The van der Waals surface area contributed by atoms with Gasteiger partial charge in [0.1, 0.15) is 5.82 Å². The molecule has 0 aliphatic heterocycles. The molecule has 0 N–H and O–H groups in total. The average Bonchev–Trinajstić information content (AvgIpc) is 2.16. The van der Waals surface area contributed by atoms with Gasteiger partial charge < -0.3 is 0 Å². The lowest BCUT2D eigenvalue weighted by Crippen LogP contribution is -1.89. The summed E-state index contributed by atoms with van der Waals surface area (Å²) in [5.74, 6) is -0.178. The van der Waals surface area contributed by atoms with Crippen LogP contribution in [0.2, 0.25) is 0 Å². The minimum Gasteiger partial charge on any atom is -0.207 e. The number of allylic oxidation sites excluding steroid dienone is 1. The van der Waals surface area contributed by atoms with Crippen molar-refractivity contribution < 1.29 is 4.39 Å². The van der Waals surface area contributed by atoms with Crippen LogP contribution in [0.1, 0.15) is 12.0 Å². The Morgan fingerprint density at radius 2 is 1.92 bits per heavy atom. The Kier molecular flexibility index (Phi) is 4.16. The van der Waals surface area contributed by atoms with Gasteiger partial charge in [0.25, 0.3) is 0 Å². The van der Waals surface area contributed by atoms with Crippen molar-refractivity contribution in [1.82, 2.24) is 0 Å². The Morgan fingerprint density at radius 1 is 1.31 bits per heavy atom. The van der Waals surface area contributed by atoms with Crippen LogP contribution >= 0.6 is 15.9 Å². The fourth-order valence-corrected chi connectivity index (χ4v) is 1.32. The summed E-state index contributed by atoms with van der Waals surface area (Å²) in [6.07, 6.45) is 1.89. The van der Waals surface area contributed by atoms with Crippen molar-refractivity contribution in [2.75, 3.05) is 5.33 Å². The molecule has 0 radical (unpaired) electrons. The Hall–Kier alpha value is -0.630. The van der Waals surface area contributed by atoms with Crippen LogP contribution in [-0.2, 0) is 6.42 Å². The normalized spacial score (nSPS) is 10.0. The van der Waals surface area contributed by atoms with Gasteiger partial charge in [0.15, 0.2) is 0 Å². The van der Waals surface area contributed by atoms with E-state index in [-0.39, 0.29) is 5.82 Å². The first-order valence-electron chi connectivity index (χ1n) is 4.19. The van der Waals surface area contributed by atoms with Gasteiger partial charge in [0.05, 0.1) is 0 Å². The molecular formula is C11H12BrF. The second kappa shape index (κ2) is 5.18. The lowest BCUT2D eigenvalue weighted by molar-refractivity contribution is 0.627. The molecule has 0 saturated carbocycles. The van der Waals surface area contributed by atoms with Gasteiger partial charge in [-0.1, -0.05) is 40.2 Å².